The van der Waals surface area contributed by atoms with Crippen LogP contribution in [0, 0.1) is 0 Å². The van der Waals surface area contributed by atoms with Gasteiger partial charge in [-0.1, -0.05) is 0 Å². The molecule has 0 spiro atoms. The van der Waals surface area contributed by atoms with E-state index in [1.54, 1.807) is 12.5 Å². The summed E-state index contributed by atoms with van der Waals surface area (Å²) in [7, 11) is 0. The highest BCUT2D eigenvalue weighted by molar-refractivity contribution is 5.43. The van der Waals surface area contributed by atoms with E-state index in [9.17, 15) is 0 Å². The number of nitrogens with zero attached hydrogens (tertiary/aromatic N) is 5. The Morgan fingerprint density at radius 1 is 1.38 bits per heavy atom. The molecule has 0 saturated carbocycles. The molecular weight excluding hydrogens is 266 g/mol. The fourth-order valence-corrected chi connectivity index (χ4v) is 2.94. The predicted molar refractivity (Wildman–Crippen MR) is 80.2 cm³/mol. The van der Waals surface area contributed by atoms with Gasteiger partial charge in [-0.3, -0.25) is 4.68 Å². The van der Waals surface area contributed by atoms with Crippen molar-refractivity contribution in [1.29, 1.82) is 0 Å². The van der Waals surface area contributed by atoms with Crippen molar-refractivity contribution in [3.05, 3.63) is 36.0 Å². The summed E-state index contributed by atoms with van der Waals surface area (Å²) in [5, 5.41) is 4.50. The van der Waals surface area contributed by atoms with Gasteiger partial charge in [0, 0.05) is 43.9 Å². The van der Waals surface area contributed by atoms with E-state index in [1.165, 1.54) is 11.3 Å². The first-order valence-electron chi connectivity index (χ1n) is 7.46. The van der Waals surface area contributed by atoms with Gasteiger partial charge in [0.15, 0.2) is 0 Å². The van der Waals surface area contributed by atoms with Gasteiger partial charge in [-0.2, -0.15) is 5.10 Å². The summed E-state index contributed by atoms with van der Waals surface area (Å²) in [6.07, 6.45) is 5.36. The SMILES string of the molecule is CCOC[C@@H]1CN(c2ccncn2)Cc2cnn(CC)c21. The summed E-state index contributed by atoms with van der Waals surface area (Å²) in [4.78, 5) is 10.6. The van der Waals surface area contributed by atoms with Crippen LogP contribution in [0.2, 0.25) is 0 Å². The van der Waals surface area contributed by atoms with Gasteiger partial charge in [0.25, 0.3) is 0 Å². The molecule has 1 atom stereocenters. The third-order valence-electron chi connectivity index (χ3n) is 3.86. The van der Waals surface area contributed by atoms with Crippen LogP contribution in [0.4, 0.5) is 5.82 Å². The van der Waals surface area contributed by atoms with Crippen LogP contribution in [0.15, 0.2) is 24.8 Å². The van der Waals surface area contributed by atoms with E-state index in [0.29, 0.717) is 5.92 Å². The van der Waals surface area contributed by atoms with Crippen molar-refractivity contribution in [3.63, 3.8) is 0 Å². The molecule has 0 N–H and O–H groups in total. The minimum atomic E-state index is 0.325. The fraction of sp³-hybridized carbons (Fsp3) is 0.533. The molecule has 1 aliphatic rings. The Hall–Kier alpha value is -1.95. The summed E-state index contributed by atoms with van der Waals surface area (Å²) < 4.78 is 7.78. The molecule has 3 heterocycles. The quantitative estimate of drug-likeness (QED) is 0.840. The fourth-order valence-electron chi connectivity index (χ4n) is 2.94. The first-order valence-corrected chi connectivity index (χ1v) is 7.46. The average Bonchev–Trinajstić information content (AvgIpc) is 2.96. The minimum absolute atomic E-state index is 0.325. The van der Waals surface area contributed by atoms with Gasteiger partial charge < -0.3 is 9.64 Å². The molecule has 0 bridgehead atoms. The van der Waals surface area contributed by atoms with E-state index < -0.39 is 0 Å². The molecule has 112 valence electrons. The first-order chi connectivity index (χ1) is 10.3. The Morgan fingerprint density at radius 2 is 2.29 bits per heavy atom. The lowest BCUT2D eigenvalue weighted by atomic mass is 9.97. The average molecular weight is 287 g/mol. The Morgan fingerprint density at radius 3 is 3.00 bits per heavy atom. The van der Waals surface area contributed by atoms with E-state index in [2.05, 4.69) is 31.6 Å². The van der Waals surface area contributed by atoms with E-state index in [0.717, 1.165) is 38.7 Å². The molecule has 0 aliphatic carbocycles. The maximum absolute atomic E-state index is 5.68. The number of anilines is 1. The molecule has 0 amide bonds. The molecule has 3 rings (SSSR count). The molecular formula is C15H21N5O. The molecule has 0 aromatic carbocycles. The van der Waals surface area contributed by atoms with Crippen molar-refractivity contribution in [1.82, 2.24) is 19.7 Å². The highest BCUT2D eigenvalue weighted by atomic mass is 16.5. The van der Waals surface area contributed by atoms with Crippen molar-refractivity contribution in [3.8, 4) is 0 Å². The smallest absolute Gasteiger partial charge is 0.132 e. The first kappa shape index (κ1) is 14.0. The lowest BCUT2D eigenvalue weighted by Crippen LogP contribution is -2.36. The second-order valence-corrected chi connectivity index (χ2v) is 5.18. The van der Waals surface area contributed by atoms with Crippen molar-refractivity contribution in [2.45, 2.75) is 32.9 Å². The van der Waals surface area contributed by atoms with Crippen LogP contribution in [0.5, 0.6) is 0 Å². The van der Waals surface area contributed by atoms with Gasteiger partial charge in [-0.25, -0.2) is 9.97 Å². The van der Waals surface area contributed by atoms with Gasteiger partial charge in [0.1, 0.15) is 12.1 Å². The van der Waals surface area contributed by atoms with E-state index in [-0.39, 0.29) is 0 Å². The Kier molecular flexibility index (Phi) is 4.15. The lowest BCUT2D eigenvalue weighted by Gasteiger charge is -2.34. The van der Waals surface area contributed by atoms with Crippen LogP contribution >= 0.6 is 0 Å². The number of hydrogen-bond acceptors (Lipinski definition) is 5. The van der Waals surface area contributed by atoms with Crippen LogP contribution in [-0.4, -0.2) is 39.5 Å². The molecule has 0 saturated heterocycles. The van der Waals surface area contributed by atoms with Gasteiger partial charge in [-0.15, -0.1) is 0 Å². The Bertz CT molecular complexity index is 583. The molecule has 0 fully saturated rings. The zero-order valence-electron chi connectivity index (χ0n) is 12.6. The highest BCUT2D eigenvalue weighted by Gasteiger charge is 2.29. The molecule has 0 radical (unpaired) electrons. The normalized spacial score (nSPS) is 17.8. The predicted octanol–water partition coefficient (Wildman–Crippen LogP) is 1.83. The third kappa shape index (κ3) is 2.76. The minimum Gasteiger partial charge on any atom is -0.381 e. The number of ether oxygens (including phenoxy) is 1. The van der Waals surface area contributed by atoms with Crippen LogP contribution in [-0.2, 0) is 17.8 Å². The maximum Gasteiger partial charge on any atom is 0.132 e. The summed E-state index contributed by atoms with van der Waals surface area (Å²) in [6, 6.07) is 1.95. The van der Waals surface area contributed by atoms with Crippen molar-refractivity contribution in [2.24, 2.45) is 0 Å². The number of aromatic nitrogens is 4. The zero-order chi connectivity index (χ0) is 14.7. The molecule has 6 nitrogen and oxygen atoms in total. The van der Waals surface area contributed by atoms with Crippen molar-refractivity contribution < 1.29 is 4.74 Å². The van der Waals surface area contributed by atoms with Crippen molar-refractivity contribution in [2.75, 3.05) is 24.7 Å². The topological polar surface area (TPSA) is 56.1 Å². The summed E-state index contributed by atoms with van der Waals surface area (Å²) in [5.74, 6) is 1.28. The van der Waals surface area contributed by atoms with E-state index >= 15 is 0 Å². The zero-order valence-corrected chi connectivity index (χ0v) is 12.6. The summed E-state index contributed by atoms with van der Waals surface area (Å²) in [6.45, 7) is 8.25. The number of fused-ring (bicyclic) bond motifs is 1. The molecule has 0 unspecified atom stereocenters. The number of aryl methyl sites for hydroxylation is 1. The standard InChI is InChI=1S/C15H21N5O/c1-3-20-15-12(7-18-20)8-19(9-13(15)10-21-4-2)14-5-6-16-11-17-14/h5-7,11,13H,3-4,8-10H2,1-2H3/t13-/m0/s1. The molecule has 2 aromatic rings. The van der Waals surface area contributed by atoms with Gasteiger partial charge >= 0.3 is 0 Å². The van der Waals surface area contributed by atoms with Gasteiger partial charge in [-0.05, 0) is 19.9 Å². The van der Waals surface area contributed by atoms with Crippen LogP contribution < -0.4 is 4.90 Å². The van der Waals surface area contributed by atoms with Crippen LogP contribution in [0.25, 0.3) is 0 Å². The van der Waals surface area contributed by atoms with Gasteiger partial charge in [0.2, 0.25) is 0 Å². The van der Waals surface area contributed by atoms with E-state index in [4.69, 9.17) is 4.74 Å². The Labute approximate surface area is 124 Å². The number of rotatable bonds is 5. The number of hydrogen-bond donors (Lipinski definition) is 0. The third-order valence-corrected chi connectivity index (χ3v) is 3.86. The largest absolute Gasteiger partial charge is 0.381 e. The van der Waals surface area contributed by atoms with Crippen molar-refractivity contribution >= 4 is 5.82 Å². The van der Waals surface area contributed by atoms with E-state index in [1.807, 2.05) is 19.2 Å². The van der Waals surface area contributed by atoms with Crippen LogP contribution in [0.1, 0.15) is 31.0 Å². The Balaban J connectivity index is 1.90. The highest BCUT2D eigenvalue weighted by Crippen LogP contribution is 2.30. The monoisotopic (exact) mass is 287 g/mol. The maximum atomic E-state index is 5.68. The molecule has 6 heteroatoms. The summed E-state index contributed by atoms with van der Waals surface area (Å²) in [5.41, 5.74) is 2.59. The van der Waals surface area contributed by atoms with Gasteiger partial charge in [0.05, 0.1) is 18.5 Å². The molecule has 2 aromatic heterocycles. The molecule has 1 aliphatic heterocycles. The summed E-state index contributed by atoms with van der Waals surface area (Å²) >= 11 is 0. The lowest BCUT2D eigenvalue weighted by molar-refractivity contribution is 0.129. The second-order valence-electron chi connectivity index (χ2n) is 5.18. The van der Waals surface area contributed by atoms with Crippen LogP contribution in [0.3, 0.4) is 0 Å². The second kappa shape index (κ2) is 6.22. The molecule has 21 heavy (non-hydrogen) atoms.